The molecule has 1 heterocycles. The molecule has 0 saturated heterocycles. The average Bonchev–Trinajstić information content (AvgIpc) is 2.54. The normalized spacial score (nSPS) is 10.8. The number of sulfonamides is 1. The van der Waals surface area contributed by atoms with Crippen LogP contribution in [0.3, 0.4) is 0 Å². The van der Waals surface area contributed by atoms with Crippen molar-refractivity contribution in [1.29, 1.82) is 0 Å². The maximum Gasteiger partial charge on any atom is 0.264 e. The van der Waals surface area contributed by atoms with Crippen LogP contribution in [0.4, 0.5) is 11.6 Å². The lowest BCUT2D eigenvalue weighted by Crippen LogP contribution is -2.21. The fourth-order valence-corrected chi connectivity index (χ4v) is 2.67. The van der Waals surface area contributed by atoms with E-state index in [-0.39, 0.29) is 28.4 Å². The third-order valence-corrected chi connectivity index (χ3v) is 4.11. The van der Waals surface area contributed by atoms with Gasteiger partial charge >= 0.3 is 0 Å². The van der Waals surface area contributed by atoms with Gasteiger partial charge in [-0.1, -0.05) is 0 Å². The summed E-state index contributed by atoms with van der Waals surface area (Å²) < 4.78 is 36.9. The molecule has 0 aliphatic carbocycles. The molecule has 1 aromatic heterocycles. The molecule has 0 bridgehead atoms. The first-order valence-corrected chi connectivity index (χ1v) is 8.01. The van der Waals surface area contributed by atoms with Crippen LogP contribution < -0.4 is 25.7 Å². The number of ether oxygens (including phenoxy) is 2. The summed E-state index contributed by atoms with van der Waals surface area (Å²) in [4.78, 5) is 11.6. The molecule has 24 heavy (non-hydrogen) atoms. The maximum absolute atomic E-state index is 12.3. The van der Waals surface area contributed by atoms with Gasteiger partial charge in [-0.2, -0.15) is 4.98 Å². The van der Waals surface area contributed by atoms with E-state index in [0.29, 0.717) is 5.69 Å². The predicted molar refractivity (Wildman–Crippen MR) is 87.9 cm³/mol. The van der Waals surface area contributed by atoms with Crippen LogP contribution in [0.2, 0.25) is 0 Å². The lowest BCUT2D eigenvalue weighted by Gasteiger charge is -2.09. The van der Waals surface area contributed by atoms with Gasteiger partial charge in [0.25, 0.3) is 15.9 Å². The van der Waals surface area contributed by atoms with Crippen molar-refractivity contribution in [2.45, 2.75) is 4.90 Å². The molecule has 0 radical (unpaired) electrons. The SMILES string of the molecule is COc1cnc(NS(=O)(=O)c2ccc(N=C(N)N)cc2)nc1OC. The van der Waals surface area contributed by atoms with E-state index >= 15 is 0 Å². The molecule has 0 fully saturated rings. The predicted octanol–water partition coefficient (Wildman–Crippen LogP) is 0.200. The summed E-state index contributed by atoms with van der Waals surface area (Å²) >= 11 is 0. The largest absolute Gasteiger partial charge is 0.490 e. The summed E-state index contributed by atoms with van der Waals surface area (Å²) in [6.45, 7) is 0. The Morgan fingerprint density at radius 2 is 1.83 bits per heavy atom. The molecule has 0 aliphatic heterocycles. The highest BCUT2D eigenvalue weighted by Crippen LogP contribution is 2.25. The standard InChI is InChI=1S/C13H16N6O4S/c1-22-10-7-16-13(18-11(10)23-2)19-24(20,21)9-5-3-8(4-6-9)17-12(14)15/h3-7H,1-2H3,(H4,14,15,17)(H,16,18,19). The minimum Gasteiger partial charge on any atom is -0.490 e. The Morgan fingerprint density at radius 3 is 2.38 bits per heavy atom. The summed E-state index contributed by atoms with van der Waals surface area (Å²) in [5.74, 6) is 0.110. The zero-order chi connectivity index (χ0) is 17.7. The van der Waals surface area contributed by atoms with Crippen molar-refractivity contribution < 1.29 is 17.9 Å². The van der Waals surface area contributed by atoms with Gasteiger partial charge in [-0.05, 0) is 24.3 Å². The van der Waals surface area contributed by atoms with Crippen molar-refractivity contribution in [3.63, 3.8) is 0 Å². The van der Waals surface area contributed by atoms with Crippen molar-refractivity contribution in [2.24, 2.45) is 16.5 Å². The van der Waals surface area contributed by atoms with Crippen LogP contribution in [-0.2, 0) is 10.0 Å². The molecule has 2 rings (SSSR count). The minimum absolute atomic E-state index is 0.00423. The van der Waals surface area contributed by atoms with Crippen LogP contribution in [0.15, 0.2) is 40.4 Å². The molecule has 2 aromatic rings. The van der Waals surface area contributed by atoms with Crippen LogP contribution in [0, 0.1) is 0 Å². The number of hydrogen-bond acceptors (Lipinski definition) is 7. The van der Waals surface area contributed by atoms with Crippen molar-refractivity contribution in [1.82, 2.24) is 9.97 Å². The molecule has 5 N–H and O–H groups in total. The number of guanidine groups is 1. The highest BCUT2D eigenvalue weighted by atomic mass is 32.2. The molecule has 10 nitrogen and oxygen atoms in total. The van der Waals surface area contributed by atoms with Crippen molar-refractivity contribution >= 4 is 27.6 Å². The first-order valence-electron chi connectivity index (χ1n) is 6.53. The minimum atomic E-state index is -3.89. The molecule has 1 aromatic carbocycles. The van der Waals surface area contributed by atoms with Crippen LogP contribution in [0.5, 0.6) is 11.6 Å². The van der Waals surface area contributed by atoms with Crippen LogP contribution in [0.1, 0.15) is 0 Å². The molecule has 0 saturated carbocycles. The van der Waals surface area contributed by atoms with Gasteiger partial charge in [0.05, 0.1) is 31.0 Å². The number of methoxy groups -OCH3 is 2. The van der Waals surface area contributed by atoms with Crippen molar-refractivity contribution in [2.75, 3.05) is 18.9 Å². The number of benzene rings is 1. The van der Waals surface area contributed by atoms with Gasteiger partial charge in [0.15, 0.2) is 11.7 Å². The van der Waals surface area contributed by atoms with Crippen LogP contribution in [0.25, 0.3) is 0 Å². The number of aromatic nitrogens is 2. The first kappa shape index (κ1) is 17.3. The highest BCUT2D eigenvalue weighted by Gasteiger charge is 2.17. The number of rotatable bonds is 6. The number of nitrogens with two attached hydrogens (primary N) is 2. The molecule has 11 heteroatoms. The third-order valence-electron chi connectivity index (χ3n) is 2.77. The zero-order valence-electron chi connectivity index (χ0n) is 12.9. The van der Waals surface area contributed by atoms with Gasteiger partial charge in [-0.15, -0.1) is 0 Å². The maximum atomic E-state index is 12.3. The smallest absolute Gasteiger partial charge is 0.264 e. The van der Waals surface area contributed by atoms with E-state index in [1.54, 1.807) is 0 Å². The van der Waals surface area contributed by atoms with Gasteiger partial charge in [0, 0.05) is 0 Å². The molecule has 0 aliphatic rings. The summed E-state index contributed by atoms with van der Waals surface area (Å²) in [6.07, 6.45) is 1.30. The van der Waals surface area contributed by atoms with Gasteiger partial charge in [-0.25, -0.2) is 23.1 Å². The number of nitrogens with zero attached hydrogens (tertiary/aromatic N) is 3. The van der Waals surface area contributed by atoms with Gasteiger partial charge < -0.3 is 20.9 Å². The molecule has 0 amide bonds. The first-order chi connectivity index (χ1) is 11.4. The Balaban J connectivity index is 2.26. The number of hydrogen-bond donors (Lipinski definition) is 3. The van der Waals surface area contributed by atoms with Crippen LogP contribution >= 0.6 is 0 Å². The Labute approximate surface area is 138 Å². The van der Waals surface area contributed by atoms with E-state index in [0.717, 1.165) is 0 Å². The van der Waals surface area contributed by atoms with Gasteiger partial charge in [0.1, 0.15) is 0 Å². The van der Waals surface area contributed by atoms with E-state index in [9.17, 15) is 8.42 Å². The summed E-state index contributed by atoms with van der Waals surface area (Å²) in [5.41, 5.74) is 10.9. The third kappa shape index (κ3) is 4.01. The number of aliphatic imine (C=N–C) groups is 1. The van der Waals surface area contributed by atoms with E-state index in [2.05, 4.69) is 19.7 Å². The Hall–Kier alpha value is -3.08. The molecule has 0 unspecified atom stereocenters. The molecule has 128 valence electrons. The van der Waals surface area contributed by atoms with Crippen LogP contribution in [-0.4, -0.2) is 38.6 Å². The summed E-state index contributed by atoms with van der Waals surface area (Å²) in [7, 11) is -1.09. The second-order valence-corrected chi connectivity index (χ2v) is 6.09. The monoisotopic (exact) mass is 352 g/mol. The quantitative estimate of drug-likeness (QED) is 0.492. The average molecular weight is 352 g/mol. The lowest BCUT2D eigenvalue weighted by atomic mass is 10.3. The van der Waals surface area contributed by atoms with Crippen molar-refractivity contribution in [3.8, 4) is 11.6 Å². The van der Waals surface area contributed by atoms with E-state index in [4.69, 9.17) is 20.9 Å². The Bertz CT molecular complexity index is 847. The summed E-state index contributed by atoms with van der Waals surface area (Å²) in [6, 6.07) is 5.63. The van der Waals surface area contributed by atoms with Gasteiger partial charge in [-0.3, -0.25) is 0 Å². The van der Waals surface area contributed by atoms with E-state index < -0.39 is 10.0 Å². The highest BCUT2D eigenvalue weighted by molar-refractivity contribution is 7.92. The molecule has 0 atom stereocenters. The van der Waals surface area contributed by atoms with Crippen molar-refractivity contribution in [3.05, 3.63) is 30.5 Å². The fraction of sp³-hybridized carbons (Fsp3) is 0.154. The Kier molecular flexibility index (Phi) is 5.04. The number of nitrogens with one attached hydrogen (secondary N) is 1. The van der Waals surface area contributed by atoms with E-state index in [1.165, 1.54) is 44.7 Å². The topological polar surface area (TPSA) is 155 Å². The Morgan fingerprint density at radius 1 is 1.17 bits per heavy atom. The summed E-state index contributed by atoms with van der Waals surface area (Å²) in [5, 5.41) is 0. The second-order valence-electron chi connectivity index (χ2n) is 4.41. The number of anilines is 1. The molecular formula is C13H16N6O4S. The van der Waals surface area contributed by atoms with Gasteiger partial charge in [0.2, 0.25) is 5.95 Å². The van der Waals surface area contributed by atoms with E-state index in [1.807, 2.05) is 0 Å². The zero-order valence-corrected chi connectivity index (χ0v) is 13.7. The fourth-order valence-electron chi connectivity index (χ4n) is 1.72. The second kappa shape index (κ2) is 7.00. The lowest BCUT2D eigenvalue weighted by molar-refractivity contribution is 0.341. The molecular weight excluding hydrogens is 336 g/mol. The molecule has 0 spiro atoms.